The molecule has 116 valence electrons. The molecule has 2 rings (SSSR count). The molecule has 0 N–H and O–H groups in total. The lowest BCUT2D eigenvalue weighted by molar-refractivity contribution is 0.0464. The van der Waals surface area contributed by atoms with Crippen LogP contribution in [0.15, 0.2) is 21.5 Å². The summed E-state index contributed by atoms with van der Waals surface area (Å²) in [7, 11) is 1.31. The second-order valence-corrected chi connectivity index (χ2v) is 8.66. The molecule has 0 aromatic heterocycles. The third-order valence-electron chi connectivity index (χ3n) is 3.48. The van der Waals surface area contributed by atoms with E-state index in [4.69, 9.17) is 27.0 Å². The Morgan fingerprint density at radius 2 is 2.05 bits per heavy atom. The van der Waals surface area contributed by atoms with Crippen molar-refractivity contribution >= 4 is 53.2 Å². The van der Waals surface area contributed by atoms with Crippen molar-refractivity contribution in [1.29, 1.82) is 0 Å². The van der Waals surface area contributed by atoms with E-state index in [1.54, 1.807) is 0 Å². The molecule has 1 aliphatic carbocycles. The van der Waals surface area contributed by atoms with Crippen LogP contribution in [0.3, 0.4) is 0 Å². The molecule has 0 bridgehead atoms. The Balaban J connectivity index is 2.11. The lowest BCUT2D eigenvalue weighted by Crippen LogP contribution is -2.15. The molecule has 0 atom stereocenters. The number of ether oxygens (including phenoxy) is 1. The molecule has 8 heteroatoms. The maximum absolute atomic E-state index is 11.9. The summed E-state index contributed by atoms with van der Waals surface area (Å²) in [6, 6.07) is 2.51. The molecular weight excluding hydrogens is 403 g/mol. The number of hydrogen-bond acceptors (Lipinski definition) is 4. The van der Waals surface area contributed by atoms with Crippen LogP contribution in [0.4, 0.5) is 0 Å². The van der Waals surface area contributed by atoms with Gasteiger partial charge in [0, 0.05) is 10.7 Å². The number of rotatable bonds is 5. The van der Waals surface area contributed by atoms with Gasteiger partial charge in [-0.1, -0.05) is 30.9 Å². The molecule has 0 heterocycles. The summed E-state index contributed by atoms with van der Waals surface area (Å²) < 4.78 is 28.2. The topological polar surface area (TPSA) is 60.4 Å². The van der Waals surface area contributed by atoms with Gasteiger partial charge in [0.05, 0.1) is 26.6 Å². The van der Waals surface area contributed by atoms with Crippen LogP contribution >= 0.6 is 38.2 Å². The van der Waals surface area contributed by atoms with Gasteiger partial charge in [-0.25, -0.2) is 13.2 Å². The van der Waals surface area contributed by atoms with Crippen molar-refractivity contribution in [3.05, 3.63) is 27.2 Å². The first-order valence-corrected chi connectivity index (χ1v) is 9.88. The molecule has 1 saturated carbocycles. The molecule has 0 amide bonds. The molecule has 1 aromatic rings. The minimum absolute atomic E-state index is 0.0658. The van der Waals surface area contributed by atoms with Gasteiger partial charge in [0.1, 0.15) is 0 Å². The largest absolute Gasteiger partial charge is 0.462 e. The van der Waals surface area contributed by atoms with Crippen LogP contribution in [0.1, 0.15) is 36.0 Å². The highest BCUT2D eigenvalue weighted by molar-refractivity contribution is 9.10. The summed E-state index contributed by atoms with van der Waals surface area (Å²) in [6.45, 7) is 0.320. The van der Waals surface area contributed by atoms with Gasteiger partial charge in [-0.3, -0.25) is 0 Å². The van der Waals surface area contributed by atoms with E-state index in [1.807, 2.05) is 0 Å². The number of halogens is 3. The van der Waals surface area contributed by atoms with Crippen LogP contribution < -0.4 is 0 Å². The molecule has 1 fully saturated rings. The molecule has 1 aliphatic rings. The Hall–Kier alpha value is -0.300. The third kappa shape index (κ3) is 4.34. The van der Waals surface area contributed by atoms with Gasteiger partial charge < -0.3 is 4.74 Å². The summed E-state index contributed by atoms with van der Waals surface area (Å²) in [5.74, 6) is 0.0235. The lowest BCUT2D eigenvalue weighted by atomic mass is 9.83. The standard InChI is InChI=1S/C13H13BrCl2O4S/c14-12-10(15)6-9(7-11(12)21(16,18)19)13(17)20-5-4-8-2-1-3-8/h6-8H,1-5H2. The smallest absolute Gasteiger partial charge is 0.338 e. The van der Waals surface area contributed by atoms with Crippen LogP contribution in [0, 0.1) is 5.92 Å². The van der Waals surface area contributed by atoms with Crippen molar-refractivity contribution in [1.82, 2.24) is 0 Å². The van der Waals surface area contributed by atoms with Gasteiger partial charge in [-0.15, -0.1) is 0 Å². The van der Waals surface area contributed by atoms with Crippen LogP contribution in [0.2, 0.25) is 5.02 Å². The van der Waals surface area contributed by atoms with Gasteiger partial charge in [-0.2, -0.15) is 0 Å². The second-order valence-electron chi connectivity index (χ2n) is 4.93. The molecule has 0 radical (unpaired) electrons. The van der Waals surface area contributed by atoms with E-state index in [2.05, 4.69) is 15.9 Å². The third-order valence-corrected chi connectivity index (χ3v) is 6.47. The molecule has 4 nitrogen and oxygen atoms in total. The summed E-state index contributed by atoms with van der Waals surface area (Å²) in [4.78, 5) is 11.7. The van der Waals surface area contributed by atoms with E-state index < -0.39 is 15.0 Å². The number of esters is 1. The Morgan fingerprint density at radius 1 is 1.38 bits per heavy atom. The summed E-state index contributed by atoms with van der Waals surface area (Å²) >= 11 is 8.95. The first-order valence-electron chi connectivity index (χ1n) is 6.40. The Bertz CT molecular complexity index is 656. The van der Waals surface area contributed by atoms with Gasteiger partial charge >= 0.3 is 5.97 Å². The zero-order chi connectivity index (χ0) is 15.6. The highest BCUT2D eigenvalue weighted by atomic mass is 79.9. The predicted molar refractivity (Wildman–Crippen MR) is 84.4 cm³/mol. The lowest BCUT2D eigenvalue weighted by Gasteiger charge is -2.24. The fraction of sp³-hybridized carbons (Fsp3) is 0.462. The maximum atomic E-state index is 11.9. The fourth-order valence-corrected chi connectivity index (χ4v) is 4.42. The number of carbonyl (C=O) groups excluding carboxylic acids is 1. The number of carbonyl (C=O) groups is 1. The minimum atomic E-state index is -4.01. The zero-order valence-electron chi connectivity index (χ0n) is 10.9. The van der Waals surface area contributed by atoms with E-state index in [1.165, 1.54) is 25.3 Å². The molecule has 21 heavy (non-hydrogen) atoms. The highest BCUT2D eigenvalue weighted by Gasteiger charge is 2.22. The van der Waals surface area contributed by atoms with Crippen LogP contribution in [-0.2, 0) is 13.8 Å². The van der Waals surface area contributed by atoms with Crippen LogP contribution in [-0.4, -0.2) is 21.0 Å². The molecule has 0 spiro atoms. The summed E-state index contributed by atoms with van der Waals surface area (Å²) in [5, 5.41) is 0.0858. The van der Waals surface area contributed by atoms with Crippen molar-refractivity contribution in [2.45, 2.75) is 30.6 Å². The first kappa shape index (κ1) is 17.1. The van der Waals surface area contributed by atoms with Gasteiger partial charge in [0.15, 0.2) is 0 Å². The normalized spacial score (nSPS) is 15.6. The van der Waals surface area contributed by atoms with Crippen LogP contribution in [0.5, 0.6) is 0 Å². The quantitative estimate of drug-likeness (QED) is 0.528. The molecular formula is C13H13BrCl2O4S. The van der Waals surface area contributed by atoms with Crippen molar-refractivity contribution in [2.75, 3.05) is 6.61 Å². The fourth-order valence-electron chi connectivity index (χ4n) is 2.04. The van der Waals surface area contributed by atoms with E-state index in [0.717, 1.165) is 12.5 Å². The highest BCUT2D eigenvalue weighted by Crippen LogP contribution is 2.33. The van der Waals surface area contributed by atoms with E-state index in [-0.39, 0.29) is 20.0 Å². The van der Waals surface area contributed by atoms with Crippen LogP contribution in [0.25, 0.3) is 0 Å². The average molecular weight is 416 g/mol. The Kier molecular flexibility index (Phi) is 5.57. The van der Waals surface area contributed by atoms with Gasteiger partial charge in [0.25, 0.3) is 9.05 Å². The maximum Gasteiger partial charge on any atom is 0.338 e. The summed E-state index contributed by atoms with van der Waals surface area (Å²) in [6.07, 6.45) is 4.42. The SMILES string of the molecule is O=C(OCCC1CCC1)c1cc(Cl)c(Br)c(S(=O)(=O)Cl)c1. The molecule has 0 saturated heterocycles. The van der Waals surface area contributed by atoms with E-state index in [0.29, 0.717) is 12.5 Å². The van der Waals surface area contributed by atoms with Crippen molar-refractivity contribution in [2.24, 2.45) is 5.92 Å². The number of benzene rings is 1. The van der Waals surface area contributed by atoms with Gasteiger partial charge in [-0.05, 0) is 40.4 Å². The Morgan fingerprint density at radius 3 is 2.57 bits per heavy atom. The molecule has 0 unspecified atom stereocenters. The number of hydrogen-bond donors (Lipinski definition) is 0. The first-order chi connectivity index (χ1) is 9.79. The van der Waals surface area contributed by atoms with Crippen molar-refractivity contribution in [3.8, 4) is 0 Å². The Labute approximate surface area is 141 Å². The molecule has 0 aliphatic heterocycles. The van der Waals surface area contributed by atoms with E-state index in [9.17, 15) is 13.2 Å². The summed E-state index contributed by atoms with van der Waals surface area (Å²) in [5.41, 5.74) is 0.0658. The minimum Gasteiger partial charge on any atom is -0.462 e. The van der Waals surface area contributed by atoms with Gasteiger partial charge in [0.2, 0.25) is 0 Å². The molecule has 1 aromatic carbocycles. The zero-order valence-corrected chi connectivity index (χ0v) is 14.9. The monoisotopic (exact) mass is 414 g/mol. The van der Waals surface area contributed by atoms with Crippen molar-refractivity contribution in [3.63, 3.8) is 0 Å². The predicted octanol–water partition coefficient (Wildman–Crippen LogP) is 4.38. The van der Waals surface area contributed by atoms with E-state index >= 15 is 0 Å². The average Bonchev–Trinajstić information content (AvgIpc) is 2.33. The second kappa shape index (κ2) is 6.86. The van der Waals surface area contributed by atoms with Crippen molar-refractivity contribution < 1.29 is 17.9 Å².